The van der Waals surface area contributed by atoms with Crippen LogP contribution in [0, 0.1) is 6.92 Å². The van der Waals surface area contributed by atoms with Gasteiger partial charge in [0.1, 0.15) is 0 Å². The first-order valence-corrected chi connectivity index (χ1v) is 7.17. The van der Waals surface area contributed by atoms with Crippen LogP contribution in [-0.4, -0.2) is 36.5 Å². The van der Waals surface area contributed by atoms with E-state index in [1.807, 2.05) is 23.1 Å². The Morgan fingerprint density at radius 3 is 2.75 bits per heavy atom. The van der Waals surface area contributed by atoms with Crippen molar-refractivity contribution in [2.45, 2.75) is 19.9 Å². The first-order valence-electron chi connectivity index (χ1n) is 7.17. The molecule has 0 spiro atoms. The van der Waals surface area contributed by atoms with Crippen molar-refractivity contribution < 1.29 is 4.79 Å². The molecular formula is C17H20N2O. The maximum Gasteiger partial charge on any atom is 0.254 e. The number of hydrogen-bond acceptors (Lipinski definition) is 2. The Balaban J connectivity index is 1.93. The minimum Gasteiger partial charge on any atom is -0.333 e. The van der Waals surface area contributed by atoms with E-state index in [0.29, 0.717) is 0 Å². The highest BCUT2D eigenvalue weighted by molar-refractivity contribution is 5.98. The molecule has 1 unspecified atom stereocenters. The van der Waals surface area contributed by atoms with Gasteiger partial charge < -0.3 is 10.2 Å². The van der Waals surface area contributed by atoms with E-state index in [4.69, 9.17) is 0 Å². The molecule has 1 aliphatic heterocycles. The summed E-state index contributed by atoms with van der Waals surface area (Å²) in [5.74, 6) is 0.140. The van der Waals surface area contributed by atoms with Crippen molar-refractivity contribution in [2.24, 2.45) is 0 Å². The maximum absolute atomic E-state index is 12.6. The van der Waals surface area contributed by atoms with E-state index >= 15 is 0 Å². The van der Waals surface area contributed by atoms with Gasteiger partial charge in [-0.3, -0.25) is 4.79 Å². The predicted molar refractivity (Wildman–Crippen MR) is 82.1 cm³/mol. The Morgan fingerprint density at radius 1 is 1.20 bits per heavy atom. The number of benzene rings is 2. The van der Waals surface area contributed by atoms with Crippen LogP contribution in [0.4, 0.5) is 0 Å². The van der Waals surface area contributed by atoms with E-state index in [2.05, 4.69) is 37.4 Å². The van der Waals surface area contributed by atoms with E-state index < -0.39 is 0 Å². The zero-order valence-corrected chi connectivity index (χ0v) is 12.0. The number of piperazine rings is 1. The molecule has 3 nitrogen and oxygen atoms in total. The number of nitrogens with zero attached hydrogens (tertiary/aromatic N) is 1. The number of nitrogens with one attached hydrogen (secondary N) is 1. The second kappa shape index (κ2) is 5.25. The molecule has 3 heteroatoms. The molecule has 1 aliphatic rings. The number of hydrogen-bond donors (Lipinski definition) is 1. The molecule has 2 aromatic carbocycles. The van der Waals surface area contributed by atoms with Gasteiger partial charge in [-0.2, -0.15) is 0 Å². The average molecular weight is 268 g/mol. The van der Waals surface area contributed by atoms with Crippen molar-refractivity contribution in [1.82, 2.24) is 10.2 Å². The molecule has 1 fully saturated rings. The third-order valence-electron chi connectivity index (χ3n) is 4.00. The molecule has 1 atom stereocenters. The smallest absolute Gasteiger partial charge is 0.254 e. The molecule has 0 aliphatic carbocycles. The van der Waals surface area contributed by atoms with Crippen LogP contribution in [0.1, 0.15) is 22.8 Å². The largest absolute Gasteiger partial charge is 0.333 e. The van der Waals surface area contributed by atoms with E-state index in [-0.39, 0.29) is 11.9 Å². The summed E-state index contributed by atoms with van der Waals surface area (Å²) in [7, 11) is 0. The first-order chi connectivity index (χ1) is 9.65. The molecule has 0 radical (unpaired) electrons. The lowest BCUT2D eigenvalue weighted by atomic mass is 10.0. The number of carbonyl (C=O) groups excluding carboxylic acids is 1. The molecule has 3 rings (SSSR count). The van der Waals surface area contributed by atoms with Crippen LogP contribution in [0.15, 0.2) is 36.4 Å². The molecule has 2 aromatic rings. The van der Waals surface area contributed by atoms with E-state index in [1.54, 1.807) is 0 Å². The second-order valence-corrected chi connectivity index (χ2v) is 5.62. The van der Waals surface area contributed by atoms with Gasteiger partial charge in [0.05, 0.1) is 0 Å². The Labute approximate surface area is 119 Å². The lowest BCUT2D eigenvalue weighted by Crippen LogP contribution is -2.52. The molecule has 0 aromatic heterocycles. The van der Waals surface area contributed by atoms with Crippen molar-refractivity contribution in [1.29, 1.82) is 0 Å². The van der Waals surface area contributed by atoms with Gasteiger partial charge in [0.15, 0.2) is 0 Å². The van der Waals surface area contributed by atoms with Crippen LogP contribution in [0.3, 0.4) is 0 Å². The average Bonchev–Trinajstić information content (AvgIpc) is 2.46. The zero-order chi connectivity index (χ0) is 14.1. The fraction of sp³-hybridized carbons (Fsp3) is 0.353. The van der Waals surface area contributed by atoms with Gasteiger partial charge >= 0.3 is 0 Å². The topological polar surface area (TPSA) is 32.3 Å². The van der Waals surface area contributed by atoms with Crippen LogP contribution in [0.5, 0.6) is 0 Å². The normalized spacial score (nSPS) is 19.3. The monoisotopic (exact) mass is 268 g/mol. The minimum absolute atomic E-state index is 0.140. The van der Waals surface area contributed by atoms with Crippen LogP contribution in [0.25, 0.3) is 10.8 Å². The van der Waals surface area contributed by atoms with Crippen LogP contribution in [0.2, 0.25) is 0 Å². The molecule has 1 saturated heterocycles. The van der Waals surface area contributed by atoms with Gasteiger partial charge in [-0.25, -0.2) is 0 Å². The lowest BCUT2D eigenvalue weighted by molar-refractivity contribution is 0.0656. The Kier molecular flexibility index (Phi) is 3.45. The van der Waals surface area contributed by atoms with Gasteiger partial charge in [0.25, 0.3) is 5.91 Å². The highest BCUT2D eigenvalue weighted by Crippen LogP contribution is 2.19. The Hall–Kier alpha value is -1.87. The maximum atomic E-state index is 12.6. The van der Waals surface area contributed by atoms with Crippen molar-refractivity contribution in [3.63, 3.8) is 0 Å². The Bertz CT molecular complexity index is 650. The van der Waals surface area contributed by atoms with Crippen LogP contribution in [-0.2, 0) is 0 Å². The molecule has 0 bridgehead atoms. The Morgan fingerprint density at radius 2 is 1.95 bits per heavy atom. The lowest BCUT2D eigenvalue weighted by Gasteiger charge is -2.34. The van der Waals surface area contributed by atoms with Gasteiger partial charge in [0, 0.05) is 31.2 Å². The summed E-state index contributed by atoms with van der Waals surface area (Å²) < 4.78 is 0. The summed E-state index contributed by atoms with van der Waals surface area (Å²) in [6, 6.07) is 12.6. The molecule has 104 valence electrons. The van der Waals surface area contributed by atoms with Gasteiger partial charge in [-0.15, -0.1) is 0 Å². The third-order valence-corrected chi connectivity index (χ3v) is 4.00. The van der Waals surface area contributed by atoms with Crippen molar-refractivity contribution in [2.75, 3.05) is 19.6 Å². The number of amides is 1. The van der Waals surface area contributed by atoms with E-state index in [9.17, 15) is 4.79 Å². The van der Waals surface area contributed by atoms with E-state index in [1.165, 1.54) is 10.9 Å². The van der Waals surface area contributed by atoms with Crippen molar-refractivity contribution >= 4 is 16.7 Å². The van der Waals surface area contributed by atoms with Crippen molar-refractivity contribution in [3.05, 3.63) is 47.5 Å². The molecule has 0 saturated carbocycles. The second-order valence-electron chi connectivity index (χ2n) is 5.62. The highest BCUT2D eigenvalue weighted by Gasteiger charge is 2.23. The molecule has 1 N–H and O–H groups in total. The summed E-state index contributed by atoms with van der Waals surface area (Å²) in [6.45, 7) is 6.71. The number of aryl methyl sites for hydroxylation is 1. The summed E-state index contributed by atoms with van der Waals surface area (Å²) in [4.78, 5) is 14.6. The summed E-state index contributed by atoms with van der Waals surface area (Å²) in [5.41, 5.74) is 2.03. The predicted octanol–water partition coefficient (Wildman–Crippen LogP) is 2.58. The first kappa shape index (κ1) is 13.1. The number of rotatable bonds is 1. The SMILES string of the molecule is Cc1ccc2cc(C(=O)N3CCNCC3C)ccc2c1. The van der Waals surface area contributed by atoms with Crippen LogP contribution >= 0.6 is 0 Å². The van der Waals surface area contributed by atoms with Gasteiger partial charge in [-0.1, -0.05) is 29.8 Å². The standard InChI is InChI=1S/C17H20N2O/c1-12-3-4-15-10-16(6-5-14(15)9-12)17(20)19-8-7-18-11-13(19)2/h3-6,9-10,13,18H,7-8,11H2,1-2H3. The van der Waals surface area contributed by atoms with E-state index in [0.717, 1.165) is 30.6 Å². The molecule has 20 heavy (non-hydrogen) atoms. The number of fused-ring (bicyclic) bond motifs is 1. The zero-order valence-electron chi connectivity index (χ0n) is 12.0. The highest BCUT2D eigenvalue weighted by atomic mass is 16.2. The number of carbonyl (C=O) groups is 1. The van der Waals surface area contributed by atoms with Crippen LogP contribution < -0.4 is 5.32 Å². The summed E-state index contributed by atoms with van der Waals surface area (Å²) in [5, 5.41) is 5.63. The molecule has 1 heterocycles. The molecule has 1 amide bonds. The van der Waals surface area contributed by atoms with Crippen molar-refractivity contribution in [3.8, 4) is 0 Å². The van der Waals surface area contributed by atoms with Gasteiger partial charge in [0.2, 0.25) is 0 Å². The fourth-order valence-corrected chi connectivity index (χ4v) is 2.81. The summed E-state index contributed by atoms with van der Waals surface area (Å²) in [6.07, 6.45) is 0. The third kappa shape index (κ3) is 2.41. The minimum atomic E-state index is 0.140. The summed E-state index contributed by atoms with van der Waals surface area (Å²) >= 11 is 0. The van der Waals surface area contributed by atoms with Gasteiger partial charge in [-0.05, 0) is 36.8 Å². The molecular weight excluding hydrogens is 248 g/mol. The fourth-order valence-electron chi connectivity index (χ4n) is 2.81. The quantitative estimate of drug-likeness (QED) is 0.862.